The SMILES string of the molecule is CC(=O)N1CCC(C2CN(C(=O)c3cccnc3C)CC2COc2ccccc2)CC1. The highest BCUT2D eigenvalue weighted by Crippen LogP contribution is 2.37. The predicted octanol–water partition coefficient (Wildman–Crippen LogP) is 3.42. The average Bonchev–Trinajstić information content (AvgIpc) is 3.22. The first-order valence-electron chi connectivity index (χ1n) is 11.2. The van der Waals surface area contributed by atoms with Crippen molar-refractivity contribution in [2.75, 3.05) is 32.8 Å². The average molecular weight is 422 g/mol. The molecular weight excluding hydrogens is 390 g/mol. The molecule has 6 heteroatoms. The topological polar surface area (TPSA) is 62.7 Å². The van der Waals surface area contributed by atoms with E-state index in [1.807, 2.05) is 59.2 Å². The Balaban J connectivity index is 1.48. The van der Waals surface area contributed by atoms with E-state index in [-0.39, 0.29) is 17.7 Å². The molecule has 1 aromatic heterocycles. The summed E-state index contributed by atoms with van der Waals surface area (Å²) in [4.78, 5) is 33.2. The van der Waals surface area contributed by atoms with E-state index < -0.39 is 0 Å². The Hall–Kier alpha value is -2.89. The minimum absolute atomic E-state index is 0.0546. The largest absolute Gasteiger partial charge is 0.493 e. The maximum absolute atomic E-state index is 13.2. The molecule has 2 atom stereocenters. The Morgan fingerprint density at radius 1 is 1.03 bits per heavy atom. The molecule has 0 bridgehead atoms. The minimum Gasteiger partial charge on any atom is -0.493 e. The lowest BCUT2D eigenvalue weighted by Gasteiger charge is -2.36. The van der Waals surface area contributed by atoms with E-state index in [1.54, 1.807) is 13.1 Å². The van der Waals surface area contributed by atoms with Crippen molar-refractivity contribution in [2.24, 2.45) is 17.8 Å². The first kappa shape index (κ1) is 21.3. The number of carbonyl (C=O) groups excluding carboxylic acids is 2. The van der Waals surface area contributed by atoms with Crippen LogP contribution in [0.1, 0.15) is 35.8 Å². The Morgan fingerprint density at radius 2 is 1.77 bits per heavy atom. The van der Waals surface area contributed by atoms with Crippen LogP contribution in [0.15, 0.2) is 48.7 Å². The highest BCUT2D eigenvalue weighted by molar-refractivity contribution is 5.95. The lowest BCUT2D eigenvalue weighted by atomic mass is 9.78. The van der Waals surface area contributed by atoms with Gasteiger partial charge < -0.3 is 14.5 Å². The molecule has 0 spiro atoms. The number of pyridine rings is 1. The first-order chi connectivity index (χ1) is 15.0. The van der Waals surface area contributed by atoms with Crippen LogP contribution in [0.25, 0.3) is 0 Å². The quantitative estimate of drug-likeness (QED) is 0.742. The van der Waals surface area contributed by atoms with Crippen LogP contribution in [0.3, 0.4) is 0 Å². The third-order valence-corrected chi connectivity index (χ3v) is 6.81. The van der Waals surface area contributed by atoms with Gasteiger partial charge in [-0.1, -0.05) is 18.2 Å². The summed E-state index contributed by atoms with van der Waals surface area (Å²) in [5.41, 5.74) is 1.44. The van der Waals surface area contributed by atoms with E-state index >= 15 is 0 Å². The number of likely N-dealkylation sites (tertiary alicyclic amines) is 2. The van der Waals surface area contributed by atoms with Gasteiger partial charge in [0, 0.05) is 50.9 Å². The van der Waals surface area contributed by atoms with Gasteiger partial charge in [0.2, 0.25) is 5.91 Å². The molecule has 2 unspecified atom stereocenters. The van der Waals surface area contributed by atoms with Gasteiger partial charge in [-0.3, -0.25) is 14.6 Å². The van der Waals surface area contributed by atoms with E-state index in [9.17, 15) is 9.59 Å². The smallest absolute Gasteiger partial charge is 0.255 e. The van der Waals surface area contributed by atoms with Crippen LogP contribution in [0, 0.1) is 24.7 Å². The van der Waals surface area contributed by atoms with Crippen LogP contribution in [0.2, 0.25) is 0 Å². The van der Waals surface area contributed by atoms with Crippen molar-refractivity contribution in [3.63, 3.8) is 0 Å². The highest BCUT2D eigenvalue weighted by atomic mass is 16.5. The van der Waals surface area contributed by atoms with Crippen molar-refractivity contribution in [1.82, 2.24) is 14.8 Å². The summed E-state index contributed by atoms with van der Waals surface area (Å²) in [7, 11) is 0. The zero-order valence-electron chi connectivity index (χ0n) is 18.4. The fourth-order valence-electron chi connectivity index (χ4n) is 5.02. The monoisotopic (exact) mass is 421 g/mol. The fraction of sp³-hybridized carbons (Fsp3) is 0.480. The molecule has 0 N–H and O–H groups in total. The molecule has 164 valence electrons. The second-order valence-corrected chi connectivity index (χ2v) is 8.74. The predicted molar refractivity (Wildman–Crippen MR) is 119 cm³/mol. The van der Waals surface area contributed by atoms with Gasteiger partial charge in [-0.15, -0.1) is 0 Å². The number of para-hydroxylation sites is 1. The molecule has 1 aromatic carbocycles. The number of aryl methyl sites for hydroxylation is 1. The van der Waals surface area contributed by atoms with E-state index in [0.717, 1.165) is 43.9 Å². The number of hydrogen-bond donors (Lipinski definition) is 0. The molecule has 2 saturated heterocycles. The van der Waals surface area contributed by atoms with Crippen molar-refractivity contribution in [2.45, 2.75) is 26.7 Å². The lowest BCUT2D eigenvalue weighted by molar-refractivity contribution is -0.130. The summed E-state index contributed by atoms with van der Waals surface area (Å²) in [6, 6.07) is 13.5. The number of nitrogens with zero attached hydrogens (tertiary/aromatic N) is 3. The Labute approximate surface area is 184 Å². The lowest BCUT2D eigenvalue weighted by Crippen LogP contribution is -2.40. The second kappa shape index (κ2) is 9.50. The number of hydrogen-bond acceptors (Lipinski definition) is 4. The number of aromatic nitrogens is 1. The first-order valence-corrected chi connectivity index (χ1v) is 11.2. The molecule has 31 heavy (non-hydrogen) atoms. The van der Waals surface area contributed by atoms with Crippen LogP contribution in [0.4, 0.5) is 0 Å². The van der Waals surface area contributed by atoms with E-state index in [2.05, 4.69) is 4.98 Å². The molecule has 2 aliphatic heterocycles. The maximum Gasteiger partial charge on any atom is 0.255 e. The van der Waals surface area contributed by atoms with Crippen molar-refractivity contribution in [1.29, 1.82) is 0 Å². The molecule has 3 heterocycles. The number of piperidine rings is 1. The molecular formula is C25H31N3O3. The van der Waals surface area contributed by atoms with Crippen molar-refractivity contribution >= 4 is 11.8 Å². The van der Waals surface area contributed by atoms with E-state index in [1.165, 1.54) is 0 Å². The van der Waals surface area contributed by atoms with Gasteiger partial charge in [0.25, 0.3) is 5.91 Å². The third kappa shape index (κ3) is 4.89. The highest BCUT2D eigenvalue weighted by Gasteiger charge is 2.41. The van der Waals surface area contributed by atoms with Crippen molar-refractivity contribution in [3.05, 3.63) is 59.9 Å². The van der Waals surface area contributed by atoms with Gasteiger partial charge >= 0.3 is 0 Å². The minimum atomic E-state index is 0.0546. The van der Waals surface area contributed by atoms with Gasteiger partial charge in [0.15, 0.2) is 0 Å². The van der Waals surface area contributed by atoms with Gasteiger partial charge in [-0.2, -0.15) is 0 Å². The Bertz CT molecular complexity index is 909. The Morgan fingerprint density at radius 3 is 2.45 bits per heavy atom. The number of rotatable bonds is 5. The van der Waals surface area contributed by atoms with Gasteiger partial charge in [0.1, 0.15) is 5.75 Å². The molecule has 2 aliphatic rings. The molecule has 0 saturated carbocycles. The normalized spacial score (nSPS) is 21.9. The fourth-order valence-corrected chi connectivity index (χ4v) is 5.02. The summed E-state index contributed by atoms with van der Waals surface area (Å²) in [6.45, 7) is 7.16. The van der Waals surface area contributed by atoms with Crippen molar-refractivity contribution < 1.29 is 14.3 Å². The summed E-state index contributed by atoms with van der Waals surface area (Å²) < 4.78 is 6.11. The van der Waals surface area contributed by atoms with Gasteiger partial charge in [0.05, 0.1) is 12.2 Å². The molecule has 2 aromatic rings. The standard InChI is InChI=1S/C25H31N3O3/c1-18-23(9-6-12-26-18)25(30)28-15-21(17-31-22-7-4-3-5-8-22)24(16-28)20-10-13-27(14-11-20)19(2)29/h3-9,12,20-21,24H,10-11,13-17H2,1-2H3. The third-order valence-electron chi connectivity index (χ3n) is 6.81. The maximum atomic E-state index is 13.2. The molecule has 2 fully saturated rings. The Kier molecular flexibility index (Phi) is 6.54. The summed E-state index contributed by atoms with van der Waals surface area (Å²) in [6.07, 6.45) is 3.69. The van der Waals surface area contributed by atoms with Crippen LogP contribution >= 0.6 is 0 Å². The van der Waals surface area contributed by atoms with Crippen LogP contribution < -0.4 is 4.74 Å². The summed E-state index contributed by atoms with van der Waals surface area (Å²) in [5.74, 6) is 2.21. The van der Waals surface area contributed by atoms with Gasteiger partial charge in [-0.25, -0.2) is 0 Å². The molecule has 6 nitrogen and oxygen atoms in total. The number of benzene rings is 1. The van der Waals surface area contributed by atoms with Crippen molar-refractivity contribution in [3.8, 4) is 5.75 Å². The molecule has 2 amide bonds. The zero-order valence-corrected chi connectivity index (χ0v) is 18.4. The zero-order chi connectivity index (χ0) is 21.8. The van der Waals surface area contributed by atoms with Gasteiger partial charge in [-0.05, 0) is 55.9 Å². The van der Waals surface area contributed by atoms with E-state index in [4.69, 9.17) is 4.74 Å². The molecule has 4 rings (SSSR count). The number of carbonyl (C=O) groups is 2. The van der Waals surface area contributed by atoms with E-state index in [0.29, 0.717) is 30.6 Å². The number of amides is 2. The number of ether oxygens (including phenoxy) is 1. The van der Waals surface area contributed by atoms with Crippen LogP contribution in [0.5, 0.6) is 5.75 Å². The molecule has 0 aliphatic carbocycles. The summed E-state index contributed by atoms with van der Waals surface area (Å²) in [5, 5.41) is 0. The summed E-state index contributed by atoms with van der Waals surface area (Å²) >= 11 is 0. The molecule has 0 radical (unpaired) electrons. The second-order valence-electron chi connectivity index (χ2n) is 8.74. The van der Waals surface area contributed by atoms with Crippen LogP contribution in [-0.2, 0) is 4.79 Å². The van der Waals surface area contributed by atoms with Crippen LogP contribution in [-0.4, -0.2) is 59.4 Å².